The van der Waals surface area contributed by atoms with Gasteiger partial charge >= 0.3 is 5.97 Å². The summed E-state index contributed by atoms with van der Waals surface area (Å²) in [4.78, 5) is 52.8. The highest BCUT2D eigenvalue weighted by Crippen LogP contribution is 2.46. The number of cyclic esters (lactones) is 1. The maximum Gasteiger partial charge on any atom is 0.308 e. The van der Waals surface area contributed by atoms with Gasteiger partial charge in [-0.25, -0.2) is 0 Å². The zero-order chi connectivity index (χ0) is 33.4. The summed E-state index contributed by atoms with van der Waals surface area (Å²) >= 11 is 12.6. The number of Topliss-reactive ketones (excluding diaryl/α,β-unsaturated/α-hetero) is 1. The van der Waals surface area contributed by atoms with E-state index in [-0.39, 0.29) is 71.6 Å². The predicted octanol–water partition coefficient (Wildman–Crippen LogP) is 5.81. The van der Waals surface area contributed by atoms with Crippen LogP contribution in [-0.2, 0) is 35.1 Å². The summed E-state index contributed by atoms with van der Waals surface area (Å²) in [5, 5.41) is 5.99. The maximum absolute atomic E-state index is 13.6. The summed E-state index contributed by atoms with van der Waals surface area (Å²) in [6, 6.07) is 12.2. The molecule has 11 heteroatoms. The Bertz CT molecular complexity index is 1410. The van der Waals surface area contributed by atoms with Crippen LogP contribution in [0.5, 0.6) is 5.75 Å². The Kier molecular flexibility index (Phi) is 12.7. The Hall–Kier alpha value is -3.40. The van der Waals surface area contributed by atoms with Gasteiger partial charge in [0.1, 0.15) is 12.1 Å². The molecular weight excluding hydrogens is 631 g/mol. The van der Waals surface area contributed by atoms with Crippen LogP contribution >= 0.6 is 23.2 Å². The van der Waals surface area contributed by atoms with Gasteiger partial charge in [0.15, 0.2) is 17.6 Å². The highest BCUT2D eigenvalue weighted by Gasteiger charge is 2.46. The normalized spacial score (nSPS) is 26.1. The molecule has 9 nitrogen and oxygen atoms in total. The van der Waals surface area contributed by atoms with Gasteiger partial charge in [0.2, 0.25) is 11.8 Å². The van der Waals surface area contributed by atoms with E-state index in [0.29, 0.717) is 24.2 Å². The summed E-state index contributed by atoms with van der Waals surface area (Å²) in [6.07, 6.45) is 2.96. The topological polar surface area (TPSA) is 123 Å². The Morgan fingerprint density at radius 1 is 1.02 bits per heavy atom. The molecule has 2 N–H and O–H groups in total. The number of amides is 2. The van der Waals surface area contributed by atoms with E-state index in [1.165, 1.54) is 13.2 Å². The van der Waals surface area contributed by atoms with E-state index in [1.54, 1.807) is 18.2 Å². The van der Waals surface area contributed by atoms with Crippen molar-refractivity contribution >= 4 is 46.8 Å². The lowest BCUT2D eigenvalue weighted by molar-refractivity contribution is -0.156. The summed E-state index contributed by atoms with van der Waals surface area (Å²) in [5.41, 5.74) is 1.68. The Balaban J connectivity index is 1.56. The molecule has 248 valence electrons. The lowest BCUT2D eigenvalue weighted by Gasteiger charge is -2.25. The molecule has 1 fully saturated rings. The third-order valence-corrected chi connectivity index (χ3v) is 8.93. The Morgan fingerprint density at radius 2 is 1.72 bits per heavy atom. The molecule has 1 saturated heterocycles. The van der Waals surface area contributed by atoms with Crippen molar-refractivity contribution < 1.29 is 33.4 Å². The number of carbonyl (C=O) groups is 4. The Labute approximate surface area is 280 Å². The van der Waals surface area contributed by atoms with Crippen molar-refractivity contribution in [2.45, 2.75) is 77.2 Å². The summed E-state index contributed by atoms with van der Waals surface area (Å²) in [5.74, 6) is -1.51. The van der Waals surface area contributed by atoms with E-state index in [9.17, 15) is 19.2 Å². The van der Waals surface area contributed by atoms with Crippen molar-refractivity contribution in [1.82, 2.24) is 10.6 Å². The first-order valence-electron chi connectivity index (χ1n) is 15.7. The van der Waals surface area contributed by atoms with Crippen molar-refractivity contribution in [1.29, 1.82) is 0 Å². The number of methoxy groups -OCH3 is 1. The van der Waals surface area contributed by atoms with Crippen molar-refractivity contribution in [2.24, 2.45) is 17.8 Å². The quantitative estimate of drug-likeness (QED) is 0.268. The summed E-state index contributed by atoms with van der Waals surface area (Å²) < 4.78 is 17.0. The lowest BCUT2D eigenvalue weighted by atomic mass is 9.81. The third-order valence-electron chi connectivity index (χ3n) is 8.37. The van der Waals surface area contributed by atoms with Crippen molar-refractivity contribution in [3.8, 4) is 5.75 Å². The van der Waals surface area contributed by atoms with Gasteiger partial charge in [-0.15, -0.1) is 0 Å². The minimum Gasteiger partial charge on any atom is -0.494 e. The number of ketones is 1. The van der Waals surface area contributed by atoms with Crippen LogP contribution in [0.3, 0.4) is 0 Å². The molecule has 0 spiro atoms. The first kappa shape index (κ1) is 35.5. The largest absolute Gasteiger partial charge is 0.494 e. The third kappa shape index (κ3) is 9.80. The molecule has 1 unspecified atom stereocenters. The van der Waals surface area contributed by atoms with Gasteiger partial charge in [0.05, 0.1) is 29.7 Å². The molecule has 46 heavy (non-hydrogen) atoms. The molecular formula is C35H42Cl2N2O7. The molecule has 2 aliphatic heterocycles. The minimum absolute atomic E-state index is 0.0285. The second kappa shape index (κ2) is 16.4. The number of ether oxygens (including phenoxy) is 3. The van der Waals surface area contributed by atoms with E-state index >= 15 is 0 Å². The second-order valence-corrected chi connectivity index (χ2v) is 13.2. The number of benzene rings is 2. The molecule has 0 bridgehead atoms. The van der Waals surface area contributed by atoms with Crippen LogP contribution in [0.4, 0.5) is 0 Å². The number of epoxide rings is 1. The molecule has 2 aromatic rings. The monoisotopic (exact) mass is 672 g/mol. The van der Waals surface area contributed by atoms with Crippen LogP contribution in [0.15, 0.2) is 54.6 Å². The van der Waals surface area contributed by atoms with Crippen LogP contribution < -0.4 is 15.4 Å². The van der Waals surface area contributed by atoms with Gasteiger partial charge in [-0.3, -0.25) is 19.2 Å². The van der Waals surface area contributed by atoms with Gasteiger partial charge in [-0.2, -0.15) is 0 Å². The van der Waals surface area contributed by atoms with Crippen LogP contribution in [0.2, 0.25) is 10.0 Å². The van der Waals surface area contributed by atoms with Crippen molar-refractivity contribution in [3.63, 3.8) is 0 Å². The van der Waals surface area contributed by atoms with E-state index in [4.69, 9.17) is 37.4 Å². The van der Waals surface area contributed by atoms with Crippen LogP contribution in [-0.4, -0.2) is 55.5 Å². The zero-order valence-corrected chi connectivity index (χ0v) is 28.1. The number of hydrogen-bond acceptors (Lipinski definition) is 7. The molecule has 4 rings (SSSR count). The van der Waals surface area contributed by atoms with E-state index < -0.39 is 29.9 Å². The van der Waals surface area contributed by atoms with E-state index in [2.05, 4.69) is 10.6 Å². The molecule has 0 saturated carbocycles. The average molecular weight is 674 g/mol. The van der Waals surface area contributed by atoms with E-state index in [0.717, 1.165) is 5.56 Å². The minimum atomic E-state index is -0.988. The van der Waals surface area contributed by atoms with Crippen molar-refractivity contribution in [2.75, 3.05) is 13.7 Å². The number of halogens is 2. The number of carbonyl (C=O) groups excluding carboxylic acids is 4. The fourth-order valence-corrected chi connectivity index (χ4v) is 6.50. The number of hydrogen-bond donors (Lipinski definition) is 2. The zero-order valence-electron chi connectivity index (χ0n) is 26.6. The van der Waals surface area contributed by atoms with Crippen molar-refractivity contribution in [3.05, 3.63) is 75.8 Å². The van der Waals surface area contributed by atoms with Gasteiger partial charge < -0.3 is 24.8 Å². The van der Waals surface area contributed by atoms with Gasteiger partial charge in [-0.05, 0) is 59.9 Å². The smallest absolute Gasteiger partial charge is 0.308 e. The number of allylic oxidation sites excluding steroid dienone is 1. The molecule has 0 aromatic heterocycles. The Morgan fingerprint density at radius 3 is 2.37 bits per heavy atom. The van der Waals surface area contributed by atoms with E-state index in [1.807, 2.05) is 51.1 Å². The molecule has 2 amide bonds. The van der Waals surface area contributed by atoms with Crippen LogP contribution in [0, 0.1) is 17.8 Å². The number of nitrogens with one attached hydrogen (secondary N) is 2. The summed E-state index contributed by atoms with van der Waals surface area (Å²) in [7, 11) is 1.45. The molecule has 2 aliphatic rings. The SMILES string of the molecule is COc1c(Cl)cc(CC2NC(=O)/C=C/C[C@H]([C@H](C)[C@H]3O[C@@H]3c3ccccc3)CC(=O)[C@H](CC(C)C)OC(=O)CCNC2=O)cc1Cl. The fourth-order valence-electron chi connectivity index (χ4n) is 5.82. The number of esters is 1. The first-order valence-corrected chi connectivity index (χ1v) is 16.4. The first-order chi connectivity index (χ1) is 22.0. The van der Waals surface area contributed by atoms with Crippen LogP contribution in [0.25, 0.3) is 0 Å². The maximum atomic E-state index is 13.6. The molecule has 6 atom stereocenters. The fraction of sp³-hybridized carbons (Fsp3) is 0.486. The van der Waals surface area contributed by atoms with Gasteiger partial charge in [-0.1, -0.05) is 80.4 Å². The van der Waals surface area contributed by atoms with Gasteiger partial charge in [0, 0.05) is 19.4 Å². The predicted molar refractivity (Wildman–Crippen MR) is 176 cm³/mol. The van der Waals surface area contributed by atoms with Gasteiger partial charge in [0.25, 0.3) is 0 Å². The highest BCUT2D eigenvalue weighted by molar-refractivity contribution is 6.37. The average Bonchev–Trinajstić information content (AvgIpc) is 3.80. The second-order valence-electron chi connectivity index (χ2n) is 12.4. The van der Waals surface area contributed by atoms with Crippen LogP contribution in [0.1, 0.15) is 63.7 Å². The molecule has 2 aromatic carbocycles. The molecule has 0 radical (unpaired) electrons. The standard InChI is InChI=1S/C35H42Cl2N2O7/c1-20(2)15-29-28(40)19-24(21(3)32-33(46-32)23-9-6-5-7-10-23)11-8-12-30(41)39-27(35(43)38-14-13-31(42)45-29)18-22-16-25(36)34(44-4)26(37)17-22/h5-10,12,16-17,20-21,24,27,29,32-33H,11,13-15,18-19H2,1-4H3,(H,38,43)(H,39,41)/b12-8+/t21-,24-,27?,29-,32+,33+/m0/s1. The molecule has 2 heterocycles. The summed E-state index contributed by atoms with van der Waals surface area (Å²) in [6.45, 7) is 5.94. The lowest BCUT2D eigenvalue weighted by Crippen LogP contribution is -2.48. The number of rotatable bonds is 8. The highest BCUT2D eigenvalue weighted by atomic mass is 35.5. The molecule has 0 aliphatic carbocycles.